The zero-order valence-electron chi connectivity index (χ0n) is 14.7. The van der Waals surface area contributed by atoms with Crippen LogP contribution in [-0.2, 0) is 19.1 Å². The summed E-state index contributed by atoms with van der Waals surface area (Å²) in [6.07, 6.45) is -1.38. The van der Waals surface area contributed by atoms with E-state index in [1.54, 1.807) is 0 Å². The Bertz CT molecular complexity index is 821. The number of imidazole rings is 1. The first-order chi connectivity index (χ1) is 12.3. The van der Waals surface area contributed by atoms with Crippen LogP contribution in [0.2, 0.25) is 0 Å². The Labute approximate surface area is 152 Å². The van der Waals surface area contributed by atoms with Gasteiger partial charge in [0.2, 0.25) is 11.5 Å². The van der Waals surface area contributed by atoms with Gasteiger partial charge in [-0.25, -0.2) is 4.98 Å². The Morgan fingerprint density at radius 3 is 2.30 bits per heavy atom. The summed E-state index contributed by atoms with van der Waals surface area (Å²) in [5.41, 5.74) is -1.35. The number of hydrogen-bond acceptors (Lipinski definition) is 10. The smallest absolute Gasteiger partial charge is 0.285 e. The van der Waals surface area contributed by atoms with Crippen LogP contribution in [0.3, 0.4) is 0 Å². The van der Waals surface area contributed by atoms with Gasteiger partial charge in [-0.1, -0.05) is 0 Å². The van der Waals surface area contributed by atoms with Gasteiger partial charge in [-0.15, -0.1) is 0 Å². The van der Waals surface area contributed by atoms with Crippen molar-refractivity contribution in [1.29, 1.82) is 0 Å². The second-order valence-electron chi connectivity index (χ2n) is 6.20. The van der Waals surface area contributed by atoms with Gasteiger partial charge in [-0.2, -0.15) is 0 Å². The zero-order chi connectivity index (χ0) is 20.8. The molecule has 2 rings (SSSR count). The van der Waals surface area contributed by atoms with Crippen molar-refractivity contribution in [3.05, 3.63) is 12.0 Å². The van der Waals surface area contributed by atoms with Crippen molar-refractivity contribution in [2.75, 3.05) is 6.61 Å². The quantitative estimate of drug-likeness (QED) is 0.326. The van der Waals surface area contributed by atoms with E-state index in [-0.39, 0.29) is 0 Å². The summed E-state index contributed by atoms with van der Waals surface area (Å²) in [5.74, 6) is -8.02. The number of rotatable bonds is 7. The Kier molecular flexibility index (Phi) is 4.96. The lowest BCUT2D eigenvalue weighted by molar-refractivity contribution is -0.277. The summed E-state index contributed by atoms with van der Waals surface area (Å²) in [5, 5.41) is 32.2. The Hall–Kier alpha value is -2.67. The fourth-order valence-electron chi connectivity index (χ4n) is 2.98. The van der Waals surface area contributed by atoms with Crippen molar-refractivity contribution >= 4 is 23.3 Å². The van der Waals surface area contributed by atoms with Gasteiger partial charge in [0.15, 0.2) is 34.7 Å². The van der Waals surface area contributed by atoms with Gasteiger partial charge in [-0.3, -0.25) is 19.2 Å². The van der Waals surface area contributed by atoms with Crippen LogP contribution in [0.4, 0.5) is 0 Å². The van der Waals surface area contributed by atoms with Crippen molar-refractivity contribution in [2.24, 2.45) is 5.73 Å². The van der Waals surface area contributed by atoms with Crippen molar-refractivity contribution in [1.82, 2.24) is 9.97 Å². The molecule has 0 saturated carbocycles. The van der Waals surface area contributed by atoms with E-state index in [1.807, 2.05) is 0 Å². The molecular formula is C15H19N3O9. The van der Waals surface area contributed by atoms with Gasteiger partial charge in [0.05, 0.1) is 12.9 Å². The van der Waals surface area contributed by atoms with Crippen molar-refractivity contribution in [3.63, 3.8) is 0 Å². The highest BCUT2D eigenvalue weighted by atomic mass is 16.7. The number of nitrogens with one attached hydrogen (secondary N) is 1. The molecule has 12 heteroatoms. The summed E-state index contributed by atoms with van der Waals surface area (Å²) >= 11 is 0. The van der Waals surface area contributed by atoms with Gasteiger partial charge in [0.25, 0.3) is 11.7 Å². The topological polar surface area (TPSA) is 202 Å². The number of amides is 1. The lowest BCUT2D eigenvalue weighted by Crippen LogP contribution is -2.75. The van der Waals surface area contributed by atoms with Crippen LogP contribution in [0.25, 0.3) is 0 Å². The minimum atomic E-state index is -3.22. The van der Waals surface area contributed by atoms with Gasteiger partial charge in [0.1, 0.15) is 0 Å². The molecule has 2 heterocycles. The SMILES string of the molecule is CC(=O)C(O)[C@]1(Oc2nc[nH]c2C(N)=O)OC[C@@](O)(C(C)=O)[C@@]1(O)C(C)=O. The number of nitrogens with zero attached hydrogens (tertiary/aromatic N) is 1. The maximum Gasteiger partial charge on any atom is 0.285 e. The number of ether oxygens (including phenoxy) is 2. The molecule has 0 aliphatic carbocycles. The molecule has 0 spiro atoms. The molecule has 1 aliphatic rings. The average molecular weight is 385 g/mol. The number of primary amides is 1. The largest absolute Gasteiger partial charge is 0.436 e. The van der Waals surface area contributed by atoms with Crippen molar-refractivity contribution in [3.8, 4) is 5.88 Å². The van der Waals surface area contributed by atoms with Crippen LogP contribution in [-0.4, -0.2) is 78.2 Å². The molecule has 0 radical (unpaired) electrons. The molecular weight excluding hydrogens is 366 g/mol. The minimum Gasteiger partial charge on any atom is -0.436 e. The van der Waals surface area contributed by atoms with Crippen LogP contribution >= 0.6 is 0 Å². The normalized spacial score (nSPS) is 31.3. The zero-order valence-corrected chi connectivity index (χ0v) is 14.7. The second kappa shape index (κ2) is 6.49. The van der Waals surface area contributed by atoms with Gasteiger partial charge in [0, 0.05) is 0 Å². The maximum atomic E-state index is 12.3. The number of nitrogens with two attached hydrogens (primary N) is 1. The van der Waals surface area contributed by atoms with E-state index in [1.165, 1.54) is 0 Å². The number of aromatic amines is 1. The molecule has 27 heavy (non-hydrogen) atoms. The van der Waals surface area contributed by atoms with Crippen LogP contribution in [0.5, 0.6) is 5.88 Å². The molecule has 6 N–H and O–H groups in total. The Morgan fingerprint density at radius 2 is 1.85 bits per heavy atom. The van der Waals surface area contributed by atoms with Crippen molar-refractivity contribution < 1.29 is 44.0 Å². The first-order valence-electron chi connectivity index (χ1n) is 7.66. The van der Waals surface area contributed by atoms with E-state index in [9.17, 15) is 34.5 Å². The number of H-pyrrole nitrogens is 1. The number of carbonyl (C=O) groups is 4. The molecule has 0 bridgehead atoms. The first kappa shape index (κ1) is 20.6. The predicted octanol–water partition coefficient (Wildman–Crippen LogP) is -2.80. The molecule has 1 aromatic heterocycles. The van der Waals surface area contributed by atoms with Crippen LogP contribution < -0.4 is 10.5 Å². The second-order valence-corrected chi connectivity index (χ2v) is 6.20. The fourth-order valence-corrected chi connectivity index (χ4v) is 2.98. The van der Waals surface area contributed by atoms with Gasteiger partial charge >= 0.3 is 0 Å². The molecule has 4 atom stereocenters. The maximum absolute atomic E-state index is 12.3. The minimum absolute atomic E-state index is 0.433. The van der Waals surface area contributed by atoms with E-state index < -0.39 is 64.5 Å². The molecule has 1 saturated heterocycles. The van der Waals surface area contributed by atoms with Crippen molar-refractivity contribution in [2.45, 2.75) is 43.9 Å². The lowest BCUT2D eigenvalue weighted by Gasteiger charge is -2.43. The van der Waals surface area contributed by atoms with Gasteiger partial charge in [-0.05, 0) is 20.8 Å². The lowest BCUT2D eigenvalue weighted by atomic mass is 9.72. The summed E-state index contributed by atoms with van der Waals surface area (Å²) in [7, 11) is 0. The van der Waals surface area contributed by atoms with E-state index in [4.69, 9.17) is 15.2 Å². The average Bonchev–Trinajstić information content (AvgIpc) is 3.12. The number of aliphatic hydroxyl groups excluding tert-OH is 1. The standard InChI is InChI=1S/C15H19N3O9/c1-6(19)10(22)15(27-12-9(11(16)23)17-5-18-12)14(25,8(3)21)13(24,4-26-15)7(2)20/h5,10,22,24-25H,4H2,1-3H3,(H2,16,23)(H,17,18)/t10?,13-,14+,15-/m1/s1. The van der Waals surface area contributed by atoms with Gasteiger partial charge < -0.3 is 35.5 Å². The summed E-state index contributed by atoms with van der Waals surface area (Å²) < 4.78 is 10.5. The summed E-state index contributed by atoms with van der Waals surface area (Å²) in [6, 6.07) is 0. The van der Waals surface area contributed by atoms with Crippen LogP contribution in [0.1, 0.15) is 31.3 Å². The third-order valence-electron chi connectivity index (χ3n) is 4.53. The molecule has 1 aromatic rings. The monoisotopic (exact) mass is 385 g/mol. The fraction of sp³-hybridized carbons (Fsp3) is 0.533. The Balaban J connectivity index is 2.76. The number of hydrogen-bond donors (Lipinski definition) is 5. The number of ketones is 3. The summed E-state index contributed by atoms with van der Waals surface area (Å²) in [6.45, 7) is 1.58. The summed E-state index contributed by atoms with van der Waals surface area (Å²) in [4.78, 5) is 53.6. The Morgan fingerprint density at radius 1 is 1.26 bits per heavy atom. The third-order valence-corrected chi connectivity index (χ3v) is 4.53. The number of carbonyl (C=O) groups excluding carboxylic acids is 4. The van der Waals surface area contributed by atoms with E-state index in [0.717, 1.165) is 27.1 Å². The first-order valence-corrected chi connectivity index (χ1v) is 7.66. The highest BCUT2D eigenvalue weighted by molar-refractivity contribution is 6.00. The highest BCUT2D eigenvalue weighted by Crippen LogP contribution is 2.47. The third kappa shape index (κ3) is 2.65. The molecule has 12 nitrogen and oxygen atoms in total. The molecule has 1 amide bonds. The van der Waals surface area contributed by atoms with Crippen LogP contribution in [0.15, 0.2) is 6.33 Å². The molecule has 0 aromatic carbocycles. The molecule has 1 fully saturated rings. The number of aromatic nitrogens is 2. The van der Waals surface area contributed by atoms with E-state index in [0.29, 0.717) is 0 Å². The van der Waals surface area contributed by atoms with E-state index in [2.05, 4.69) is 9.97 Å². The molecule has 1 aliphatic heterocycles. The predicted molar refractivity (Wildman–Crippen MR) is 84.4 cm³/mol. The van der Waals surface area contributed by atoms with Crippen LogP contribution in [0, 0.1) is 0 Å². The van der Waals surface area contributed by atoms with E-state index >= 15 is 0 Å². The highest BCUT2D eigenvalue weighted by Gasteiger charge is 2.79. The number of Topliss-reactive ketones (excluding diaryl/α,β-unsaturated/α-hetero) is 3. The number of aliphatic hydroxyl groups is 3. The molecule has 148 valence electrons. The molecule has 1 unspecified atom stereocenters.